The first-order valence-electron chi connectivity index (χ1n) is 6.98. The molecule has 0 N–H and O–H groups in total. The van der Waals surface area contributed by atoms with Gasteiger partial charge < -0.3 is 4.90 Å². The van der Waals surface area contributed by atoms with Gasteiger partial charge in [0, 0.05) is 19.2 Å². The molecule has 1 aliphatic rings. The van der Waals surface area contributed by atoms with E-state index in [1.807, 2.05) is 4.90 Å². The van der Waals surface area contributed by atoms with Crippen LogP contribution in [0.25, 0.3) is 0 Å². The summed E-state index contributed by atoms with van der Waals surface area (Å²) in [4.78, 5) is 12.4. The Hall–Kier alpha value is -1.65. The van der Waals surface area contributed by atoms with Crippen LogP contribution < -0.4 is 4.90 Å². The van der Waals surface area contributed by atoms with Gasteiger partial charge in [-0.1, -0.05) is 26.8 Å². The van der Waals surface area contributed by atoms with Crippen LogP contribution in [-0.2, 0) is 0 Å². The smallest absolute Gasteiger partial charge is 0.295 e. The van der Waals surface area contributed by atoms with E-state index in [9.17, 15) is 14.5 Å². The molecule has 4 nitrogen and oxygen atoms in total. The quantitative estimate of drug-likeness (QED) is 0.607. The van der Waals surface area contributed by atoms with Crippen molar-refractivity contribution in [2.75, 3.05) is 18.0 Å². The summed E-state index contributed by atoms with van der Waals surface area (Å²) in [7, 11) is 0. The molecule has 0 bridgehead atoms. The third-order valence-electron chi connectivity index (χ3n) is 4.20. The minimum Gasteiger partial charge on any atom is -0.364 e. The van der Waals surface area contributed by atoms with E-state index >= 15 is 0 Å². The zero-order chi connectivity index (χ0) is 14.9. The van der Waals surface area contributed by atoms with E-state index in [1.165, 1.54) is 18.2 Å². The molecular formula is C15H21FN2O2. The summed E-state index contributed by atoms with van der Waals surface area (Å²) < 4.78 is 14.0. The van der Waals surface area contributed by atoms with Crippen LogP contribution in [0.1, 0.15) is 33.6 Å². The van der Waals surface area contributed by atoms with Crippen molar-refractivity contribution >= 4 is 11.4 Å². The van der Waals surface area contributed by atoms with E-state index in [0.717, 1.165) is 12.8 Å². The van der Waals surface area contributed by atoms with Gasteiger partial charge in [-0.15, -0.1) is 0 Å². The molecule has 1 aromatic carbocycles. The molecule has 0 radical (unpaired) electrons. The molecule has 1 saturated heterocycles. The number of anilines is 1. The zero-order valence-electron chi connectivity index (χ0n) is 12.2. The molecule has 2 rings (SSSR count). The lowest BCUT2D eigenvalue weighted by molar-refractivity contribution is -0.384. The predicted octanol–water partition coefficient (Wildman–Crippen LogP) is 4.00. The Balaban J connectivity index is 2.21. The molecule has 1 aromatic rings. The summed E-state index contributed by atoms with van der Waals surface area (Å²) in [5.74, 6) is 0.0676. The maximum Gasteiger partial charge on any atom is 0.295 e. The van der Waals surface area contributed by atoms with Crippen LogP contribution in [0.3, 0.4) is 0 Å². The number of nitrogens with zero attached hydrogens (tertiary/aromatic N) is 2. The first-order chi connectivity index (χ1) is 9.30. The zero-order valence-corrected chi connectivity index (χ0v) is 12.2. The molecule has 1 fully saturated rings. The van der Waals surface area contributed by atoms with Crippen molar-refractivity contribution in [2.24, 2.45) is 11.3 Å². The van der Waals surface area contributed by atoms with Gasteiger partial charge in [-0.25, -0.2) is 4.39 Å². The Labute approximate surface area is 118 Å². The molecule has 110 valence electrons. The molecule has 0 saturated carbocycles. The Morgan fingerprint density at radius 1 is 1.30 bits per heavy atom. The van der Waals surface area contributed by atoms with Crippen LogP contribution in [0.4, 0.5) is 15.8 Å². The van der Waals surface area contributed by atoms with E-state index in [2.05, 4.69) is 20.8 Å². The average Bonchev–Trinajstić information content (AvgIpc) is 2.37. The molecule has 0 aliphatic carbocycles. The lowest BCUT2D eigenvalue weighted by atomic mass is 9.75. The molecule has 5 heteroatoms. The second-order valence-electron chi connectivity index (χ2n) is 6.49. The summed E-state index contributed by atoms with van der Waals surface area (Å²) in [6.07, 6.45) is 1.88. The Morgan fingerprint density at radius 2 is 1.90 bits per heavy atom. The van der Waals surface area contributed by atoms with Crippen molar-refractivity contribution in [1.29, 1.82) is 0 Å². The van der Waals surface area contributed by atoms with Gasteiger partial charge in [0.2, 0.25) is 0 Å². The van der Waals surface area contributed by atoms with Gasteiger partial charge in [0.1, 0.15) is 0 Å². The van der Waals surface area contributed by atoms with Crippen molar-refractivity contribution in [1.82, 2.24) is 0 Å². The average molecular weight is 280 g/mol. The molecule has 1 aliphatic heterocycles. The summed E-state index contributed by atoms with van der Waals surface area (Å²) in [6, 6.07) is 4.05. The molecule has 0 unspecified atom stereocenters. The number of nitro groups is 1. The highest BCUT2D eigenvalue weighted by Gasteiger charge is 2.32. The molecular weight excluding hydrogens is 259 g/mol. The van der Waals surface area contributed by atoms with Crippen molar-refractivity contribution in [3.63, 3.8) is 0 Å². The van der Waals surface area contributed by atoms with Crippen LogP contribution in [-0.4, -0.2) is 18.0 Å². The van der Waals surface area contributed by atoms with Gasteiger partial charge in [0.15, 0.2) is 11.5 Å². The molecule has 0 atom stereocenters. The molecule has 0 spiro atoms. The predicted molar refractivity (Wildman–Crippen MR) is 77.4 cm³/mol. The monoisotopic (exact) mass is 280 g/mol. The SMILES string of the molecule is CC(C)(C)C1CCN(c2c(F)cccc2[N+](=O)[O-])CC1. The van der Waals surface area contributed by atoms with Gasteiger partial charge in [0.05, 0.1) is 4.92 Å². The van der Waals surface area contributed by atoms with Crippen molar-refractivity contribution in [3.05, 3.63) is 34.1 Å². The van der Waals surface area contributed by atoms with Gasteiger partial charge in [0.25, 0.3) is 5.69 Å². The van der Waals surface area contributed by atoms with E-state index < -0.39 is 10.7 Å². The van der Waals surface area contributed by atoms with Crippen LogP contribution >= 0.6 is 0 Å². The van der Waals surface area contributed by atoms with Crippen molar-refractivity contribution < 1.29 is 9.31 Å². The maximum absolute atomic E-state index is 14.0. The standard InChI is InChI=1S/C15H21FN2O2/c1-15(2,3)11-7-9-17(10-8-11)14-12(16)5-4-6-13(14)18(19)20/h4-6,11H,7-10H2,1-3H3. The number of para-hydroxylation sites is 1. The number of hydrogen-bond acceptors (Lipinski definition) is 3. The van der Waals surface area contributed by atoms with Gasteiger partial charge >= 0.3 is 0 Å². The fourth-order valence-electron chi connectivity index (χ4n) is 2.93. The largest absolute Gasteiger partial charge is 0.364 e. The van der Waals surface area contributed by atoms with Crippen LogP contribution in [0.5, 0.6) is 0 Å². The minimum absolute atomic E-state index is 0.140. The van der Waals surface area contributed by atoms with E-state index in [1.54, 1.807) is 0 Å². The van der Waals surface area contributed by atoms with Crippen molar-refractivity contribution in [2.45, 2.75) is 33.6 Å². The fraction of sp³-hybridized carbons (Fsp3) is 0.600. The summed E-state index contributed by atoms with van der Waals surface area (Å²) in [5.41, 5.74) is 0.233. The van der Waals surface area contributed by atoms with Crippen molar-refractivity contribution in [3.8, 4) is 0 Å². The van der Waals surface area contributed by atoms with Crippen LogP contribution in [0, 0.1) is 27.3 Å². The second kappa shape index (κ2) is 5.38. The fourth-order valence-corrected chi connectivity index (χ4v) is 2.93. The first kappa shape index (κ1) is 14.8. The van der Waals surface area contributed by atoms with Crippen LogP contribution in [0.2, 0.25) is 0 Å². The maximum atomic E-state index is 14.0. The minimum atomic E-state index is -0.506. The normalized spacial score (nSPS) is 17.3. The third-order valence-corrected chi connectivity index (χ3v) is 4.20. The first-order valence-corrected chi connectivity index (χ1v) is 6.98. The van der Waals surface area contributed by atoms with E-state index in [-0.39, 0.29) is 16.8 Å². The Bertz CT molecular complexity index is 503. The van der Waals surface area contributed by atoms with E-state index in [0.29, 0.717) is 19.0 Å². The number of hydrogen-bond donors (Lipinski definition) is 0. The second-order valence-corrected chi connectivity index (χ2v) is 6.49. The Morgan fingerprint density at radius 3 is 2.40 bits per heavy atom. The number of piperidine rings is 1. The number of rotatable bonds is 2. The van der Waals surface area contributed by atoms with Gasteiger partial charge in [-0.2, -0.15) is 0 Å². The summed E-state index contributed by atoms with van der Waals surface area (Å²) in [5, 5.41) is 11.1. The summed E-state index contributed by atoms with van der Waals surface area (Å²) in [6.45, 7) is 7.96. The molecule has 20 heavy (non-hydrogen) atoms. The third kappa shape index (κ3) is 2.92. The molecule has 0 aromatic heterocycles. The highest BCUT2D eigenvalue weighted by atomic mass is 19.1. The Kier molecular flexibility index (Phi) is 3.97. The summed E-state index contributed by atoms with van der Waals surface area (Å²) >= 11 is 0. The lowest BCUT2D eigenvalue weighted by Crippen LogP contribution is -2.38. The molecule has 1 heterocycles. The molecule has 0 amide bonds. The topological polar surface area (TPSA) is 46.4 Å². The van der Waals surface area contributed by atoms with Gasteiger partial charge in [-0.3, -0.25) is 10.1 Å². The number of benzene rings is 1. The van der Waals surface area contributed by atoms with Crippen LogP contribution in [0.15, 0.2) is 18.2 Å². The van der Waals surface area contributed by atoms with E-state index in [4.69, 9.17) is 0 Å². The highest BCUT2D eigenvalue weighted by Crippen LogP contribution is 2.38. The highest BCUT2D eigenvalue weighted by molar-refractivity contribution is 5.64. The number of nitro benzene ring substituents is 1. The lowest BCUT2D eigenvalue weighted by Gasteiger charge is -2.39. The number of halogens is 1. The van der Waals surface area contributed by atoms with Gasteiger partial charge in [-0.05, 0) is 30.2 Å².